The van der Waals surface area contributed by atoms with Crippen molar-refractivity contribution in [3.8, 4) is 6.07 Å². The predicted octanol–water partition coefficient (Wildman–Crippen LogP) is 5.34. The van der Waals surface area contributed by atoms with E-state index < -0.39 is 22.7 Å². The number of nitriles is 1. The second-order valence-electron chi connectivity index (χ2n) is 8.47. The van der Waals surface area contributed by atoms with Gasteiger partial charge >= 0.3 is 6.18 Å². The average molecular weight is 430 g/mol. The third-order valence-corrected chi connectivity index (χ3v) is 5.90. The van der Waals surface area contributed by atoms with Gasteiger partial charge in [-0.05, 0) is 48.6 Å². The van der Waals surface area contributed by atoms with Crippen LogP contribution in [0, 0.1) is 16.7 Å². The summed E-state index contributed by atoms with van der Waals surface area (Å²) < 4.78 is 39.8. The molecule has 1 aliphatic rings. The molecule has 164 valence electrons. The Balaban J connectivity index is 1.68. The number of rotatable bonds is 4. The quantitative estimate of drug-likeness (QED) is 0.711. The summed E-state index contributed by atoms with van der Waals surface area (Å²) in [5.41, 5.74) is -0.491. The molecular formula is C23H25F3N4O. The van der Waals surface area contributed by atoms with Crippen molar-refractivity contribution in [1.29, 1.82) is 5.26 Å². The van der Waals surface area contributed by atoms with Gasteiger partial charge in [0.25, 0.3) is 0 Å². The Kier molecular flexibility index (Phi) is 6.25. The van der Waals surface area contributed by atoms with E-state index in [-0.39, 0.29) is 5.91 Å². The molecule has 1 aromatic heterocycles. The lowest BCUT2D eigenvalue weighted by Gasteiger charge is -2.39. The van der Waals surface area contributed by atoms with Gasteiger partial charge in [-0.15, -0.1) is 0 Å². The molecule has 2 aromatic rings. The molecule has 8 heteroatoms. The molecule has 5 nitrogen and oxygen atoms in total. The molecule has 1 saturated heterocycles. The first-order valence-corrected chi connectivity index (χ1v) is 10.2. The van der Waals surface area contributed by atoms with E-state index in [2.05, 4.69) is 24.1 Å². The predicted molar refractivity (Wildman–Crippen MR) is 113 cm³/mol. The van der Waals surface area contributed by atoms with Gasteiger partial charge in [-0.2, -0.15) is 18.4 Å². The number of hydrogen-bond donors (Lipinski definition) is 1. The van der Waals surface area contributed by atoms with Gasteiger partial charge in [-0.25, -0.2) is 4.98 Å². The van der Waals surface area contributed by atoms with Crippen LogP contribution in [0.2, 0.25) is 0 Å². The number of aromatic nitrogens is 1. The number of amides is 1. The monoisotopic (exact) mass is 430 g/mol. The van der Waals surface area contributed by atoms with Gasteiger partial charge < -0.3 is 10.2 Å². The van der Waals surface area contributed by atoms with Crippen LogP contribution >= 0.6 is 0 Å². The zero-order valence-corrected chi connectivity index (χ0v) is 17.8. The van der Waals surface area contributed by atoms with Crippen LogP contribution in [0.25, 0.3) is 0 Å². The summed E-state index contributed by atoms with van der Waals surface area (Å²) in [7, 11) is 0. The van der Waals surface area contributed by atoms with E-state index in [1.807, 2.05) is 17.9 Å². The number of piperidine rings is 1. The molecule has 1 amide bonds. The Bertz CT molecular complexity index is 985. The molecule has 0 radical (unpaired) electrons. The van der Waals surface area contributed by atoms with Crippen molar-refractivity contribution < 1.29 is 18.0 Å². The first kappa shape index (κ1) is 22.6. The Hall–Kier alpha value is -3.08. The summed E-state index contributed by atoms with van der Waals surface area (Å²) in [6, 6.07) is 9.05. The topological polar surface area (TPSA) is 69.0 Å². The zero-order valence-electron chi connectivity index (χ0n) is 17.8. The second-order valence-corrected chi connectivity index (χ2v) is 8.47. The highest BCUT2D eigenvalue weighted by Gasteiger charge is 2.38. The number of nitrogens with zero attached hydrogens (tertiary/aromatic N) is 3. The van der Waals surface area contributed by atoms with Crippen molar-refractivity contribution in [2.75, 3.05) is 23.3 Å². The van der Waals surface area contributed by atoms with E-state index in [4.69, 9.17) is 5.26 Å². The standard InChI is InChI=1S/C23H25F3N4O/c1-15(2)17-5-7-20(28-14-17)29-21(31)22(3)8-10-30(11-9-22)18-6-4-16(13-27)19(12-18)23(24,25)26/h4-7,12,14-15H,8-11H2,1-3H3,(H,28,29,31). The Morgan fingerprint density at radius 1 is 1.23 bits per heavy atom. The minimum absolute atomic E-state index is 0.146. The summed E-state index contributed by atoms with van der Waals surface area (Å²) in [6.07, 6.45) is -1.87. The number of carbonyl (C=O) groups excluding carboxylic acids is 1. The van der Waals surface area contributed by atoms with Gasteiger partial charge in [0.05, 0.1) is 22.6 Å². The molecule has 31 heavy (non-hydrogen) atoms. The lowest BCUT2D eigenvalue weighted by molar-refractivity contribution is -0.137. The summed E-state index contributed by atoms with van der Waals surface area (Å²) in [6.45, 7) is 6.87. The number of nitrogens with one attached hydrogen (secondary N) is 1. The molecule has 1 N–H and O–H groups in total. The molecule has 0 bridgehead atoms. The molecule has 0 spiro atoms. The van der Waals surface area contributed by atoms with Crippen LogP contribution in [-0.2, 0) is 11.0 Å². The summed E-state index contributed by atoms with van der Waals surface area (Å²) in [4.78, 5) is 19.0. The van der Waals surface area contributed by atoms with Gasteiger partial charge in [-0.3, -0.25) is 4.79 Å². The average Bonchev–Trinajstić information content (AvgIpc) is 2.73. The molecule has 0 saturated carbocycles. The number of anilines is 2. The zero-order chi connectivity index (χ0) is 22.8. The Labute approximate surface area is 179 Å². The molecule has 0 aliphatic carbocycles. The molecule has 1 fully saturated rings. The highest BCUT2D eigenvalue weighted by molar-refractivity contribution is 5.94. The van der Waals surface area contributed by atoms with Crippen LogP contribution in [0.4, 0.5) is 24.7 Å². The van der Waals surface area contributed by atoms with Crippen molar-refractivity contribution in [1.82, 2.24) is 4.98 Å². The van der Waals surface area contributed by atoms with Crippen LogP contribution in [0.5, 0.6) is 0 Å². The fourth-order valence-electron chi connectivity index (χ4n) is 3.63. The number of alkyl halides is 3. The molecular weight excluding hydrogens is 405 g/mol. The van der Waals surface area contributed by atoms with Crippen LogP contribution in [0.3, 0.4) is 0 Å². The van der Waals surface area contributed by atoms with E-state index in [1.165, 1.54) is 12.1 Å². The third-order valence-electron chi connectivity index (χ3n) is 5.90. The van der Waals surface area contributed by atoms with Crippen LogP contribution in [-0.4, -0.2) is 24.0 Å². The van der Waals surface area contributed by atoms with Crippen molar-refractivity contribution in [2.24, 2.45) is 5.41 Å². The number of carbonyl (C=O) groups is 1. The van der Waals surface area contributed by atoms with Gasteiger partial charge in [0, 0.05) is 25.0 Å². The summed E-state index contributed by atoms with van der Waals surface area (Å²) in [5.74, 6) is 0.687. The van der Waals surface area contributed by atoms with E-state index in [9.17, 15) is 18.0 Å². The lowest BCUT2D eigenvalue weighted by Crippen LogP contribution is -2.45. The van der Waals surface area contributed by atoms with E-state index in [0.29, 0.717) is 43.4 Å². The maximum atomic E-state index is 13.3. The van der Waals surface area contributed by atoms with Crippen molar-refractivity contribution >= 4 is 17.4 Å². The van der Waals surface area contributed by atoms with E-state index in [0.717, 1.165) is 11.6 Å². The normalized spacial score (nSPS) is 16.1. The SMILES string of the molecule is CC(C)c1ccc(NC(=O)C2(C)CCN(c3ccc(C#N)c(C(F)(F)F)c3)CC2)nc1. The summed E-state index contributed by atoms with van der Waals surface area (Å²) in [5, 5.41) is 11.8. The molecule has 3 rings (SSSR count). The number of hydrogen-bond acceptors (Lipinski definition) is 4. The summed E-state index contributed by atoms with van der Waals surface area (Å²) >= 11 is 0. The fourth-order valence-corrected chi connectivity index (χ4v) is 3.63. The highest BCUT2D eigenvalue weighted by Crippen LogP contribution is 2.37. The van der Waals surface area contributed by atoms with Crippen molar-refractivity contribution in [2.45, 2.75) is 45.7 Å². The third kappa shape index (κ3) is 4.98. The van der Waals surface area contributed by atoms with Gasteiger partial charge in [-0.1, -0.05) is 26.8 Å². The highest BCUT2D eigenvalue weighted by atomic mass is 19.4. The second kappa shape index (κ2) is 8.58. The first-order valence-electron chi connectivity index (χ1n) is 10.2. The lowest BCUT2D eigenvalue weighted by atomic mass is 9.79. The van der Waals surface area contributed by atoms with Crippen LogP contribution in [0.15, 0.2) is 36.5 Å². The number of pyridine rings is 1. The minimum atomic E-state index is -4.59. The molecule has 1 aliphatic heterocycles. The van der Waals surface area contributed by atoms with E-state index in [1.54, 1.807) is 18.3 Å². The van der Waals surface area contributed by atoms with Gasteiger partial charge in [0.2, 0.25) is 5.91 Å². The molecule has 2 heterocycles. The largest absolute Gasteiger partial charge is 0.417 e. The molecule has 0 unspecified atom stereocenters. The number of benzene rings is 1. The Morgan fingerprint density at radius 2 is 1.90 bits per heavy atom. The van der Waals surface area contributed by atoms with Crippen LogP contribution in [0.1, 0.15) is 56.2 Å². The number of halogens is 3. The van der Waals surface area contributed by atoms with Crippen LogP contribution < -0.4 is 10.2 Å². The maximum Gasteiger partial charge on any atom is 0.417 e. The van der Waals surface area contributed by atoms with E-state index >= 15 is 0 Å². The molecule has 0 atom stereocenters. The molecule has 1 aromatic carbocycles. The van der Waals surface area contributed by atoms with Gasteiger partial charge in [0.15, 0.2) is 0 Å². The fraction of sp³-hybridized carbons (Fsp3) is 0.435. The van der Waals surface area contributed by atoms with Crippen molar-refractivity contribution in [3.63, 3.8) is 0 Å². The minimum Gasteiger partial charge on any atom is -0.371 e. The first-order chi connectivity index (χ1) is 14.5. The smallest absolute Gasteiger partial charge is 0.371 e. The maximum absolute atomic E-state index is 13.3. The van der Waals surface area contributed by atoms with Gasteiger partial charge in [0.1, 0.15) is 5.82 Å². The Morgan fingerprint density at radius 3 is 2.42 bits per heavy atom. The van der Waals surface area contributed by atoms with Crippen molar-refractivity contribution in [3.05, 3.63) is 53.2 Å².